The van der Waals surface area contributed by atoms with Crippen LogP contribution in [0.25, 0.3) is 11.0 Å². The van der Waals surface area contributed by atoms with Gasteiger partial charge in [0.05, 0.1) is 17.1 Å². The SMILES string of the molecule is C[C@H]1CN(C(=O)[C@@H](NC(=O)c2ccc3[nH]c(=O)[nH]c3c2)C2CCCC2)[C@@H]2C(=O)CO[C@@H]21. The molecule has 1 aliphatic carbocycles. The zero-order valence-electron chi connectivity index (χ0n) is 17.3. The topological polar surface area (TPSA) is 124 Å². The molecule has 1 aromatic carbocycles. The second kappa shape index (κ2) is 7.64. The minimum atomic E-state index is -0.685. The molecule has 2 aromatic rings. The van der Waals surface area contributed by atoms with E-state index in [1.807, 2.05) is 6.92 Å². The Morgan fingerprint density at radius 1 is 1.16 bits per heavy atom. The van der Waals surface area contributed by atoms with Crippen molar-refractivity contribution in [3.8, 4) is 0 Å². The van der Waals surface area contributed by atoms with Crippen molar-refractivity contribution in [3.05, 3.63) is 34.2 Å². The summed E-state index contributed by atoms with van der Waals surface area (Å²) in [5, 5.41) is 2.95. The standard InChI is InChI=1S/C22H26N4O5/c1-11-9-26(18-16(27)10-31-19(11)18)21(29)17(12-4-2-3-5-12)25-20(28)13-6-7-14-15(8-13)24-22(30)23-14/h6-8,11-12,17-19H,2-5,9-10H2,1H3,(H,25,28)(H2,23,24,30)/t11-,17-,18+,19+/m0/s1. The van der Waals surface area contributed by atoms with Gasteiger partial charge < -0.3 is 24.9 Å². The Hall–Kier alpha value is -2.94. The van der Waals surface area contributed by atoms with E-state index in [0.717, 1.165) is 25.7 Å². The molecule has 1 saturated carbocycles. The van der Waals surface area contributed by atoms with Gasteiger partial charge in [0, 0.05) is 18.0 Å². The molecule has 3 N–H and O–H groups in total. The Bertz CT molecular complexity index is 1100. The highest BCUT2D eigenvalue weighted by molar-refractivity contribution is 6.01. The van der Waals surface area contributed by atoms with Crippen molar-refractivity contribution >= 4 is 28.6 Å². The molecule has 164 valence electrons. The second-order valence-electron chi connectivity index (χ2n) is 8.99. The molecule has 2 amide bonds. The fourth-order valence-electron chi connectivity index (χ4n) is 5.37. The van der Waals surface area contributed by atoms with Crippen LogP contribution in [0, 0.1) is 11.8 Å². The normalized spacial score (nSPS) is 27.1. The van der Waals surface area contributed by atoms with Crippen LogP contribution in [0.2, 0.25) is 0 Å². The number of ether oxygens (including phenoxy) is 1. The number of imidazole rings is 1. The van der Waals surface area contributed by atoms with Crippen molar-refractivity contribution in [2.24, 2.45) is 11.8 Å². The molecule has 3 aliphatic rings. The molecule has 4 atom stereocenters. The number of H-pyrrole nitrogens is 2. The zero-order chi connectivity index (χ0) is 21.7. The Morgan fingerprint density at radius 2 is 1.90 bits per heavy atom. The molecule has 0 bridgehead atoms. The van der Waals surface area contributed by atoms with E-state index in [1.54, 1.807) is 23.1 Å². The number of nitrogens with one attached hydrogen (secondary N) is 3. The maximum atomic E-state index is 13.6. The van der Waals surface area contributed by atoms with Crippen molar-refractivity contribution in [2.45, 2.75) is 50.8 Å². The third kappa shape index (κ3) is 3.46. The minimum Gasteiger partial charge on any atom is -0.367 e. The monoisotopic (exact) mass is 426 g/mol. The second-order valence-corrected chi connectivity index (χ2v) is 8.99. The van der Waals surface area contributed by atoms with Crippen LogP contribution >= 0.6 is 0 Å². The average molecular weight is 426 g/mol. The van der Waals surface area contributed by atoms with E-state index in [1.165, 1.54) is 0 Å². The highest BCUT2D eigenvalue weighted by Gasteiger charge is 2.52. The molecule has 0 unspecified atom stereocenters. The van der Waals surface area contributed by atoms with Gasteiger partial charge in [-0.1, -0.05) is 19.8 Å². The Kier molecular flexibility index (Phi) is 4.92. The minimum absolute atomic E-state index is 0.0405. The molecule has 0 spiro atoms. The third-order valence-electron chi connectivity index (χ3n) is 6.93. The molecular formula is C22H26N4O5. The lowest BCUT2D eigenvalue weighted by atomic mass is 9.95. The van der Waals surface area contributed by atoms with E-state index < -0.39 is 12.1 Å². The number of aromatic amines is 2. The van der Waals surface area contributed by atoms with Crippen LogP contribution in [0.1, 0.15) is 43.0 Å². The lowest BCUT2D eigenvalue weighted by Gasteiger charge is -2.30. The first-order valence-corrected chi connectivity index (χ1v) is 10.9. The number of amides is 2. The summed E-state index contributed by atoms with van der Waals surface area (Å²) in [6, 6.07) is 3.65. The molecule has 2 saturated heterocycles. The van der Waals surface area contributed by atoms with Crippen LogP contribution < -0.4 is 11.0 Å². The number of hydrogen-bond acceptors (Lipinski definition) is 5. The van der Waals surface area contributed by atoms with Crippen LogP contribution in [-0.2, 0) is 14.3 Å². The molecule has 9 heteroatoms. The number of likely N-dealkylation sites (tertiary alicyclic amines) is 1. The highest BCUT2D eigenvalue weighted by atomic mass is 16.5. The number of ketones is 1. The van der Waals surface area contributed by atoms with Crippen LogP contribution in [0.5, 0.6) is 0 Å². The predicted octanol–water partition coefficient (Wildman–Crippen LogP) is 0.960. The summed E-state index contributed by atoms with van der Waals surface area (Å²) in [6.07, 6.45) is 3.51. The summed E-state index contributed by atoms with van der Waals surface area (Å²) in [5.41, 5.74) is 1.17. The molecule has 2 aliphatic heterocycles. The number of Topliss-reactive ketones (excluding diaryl/α,β-unsaturated/α-hetero) is 1. The summed E-state index contributed by atoms with van der Waals surface area (Å²) in [5.74, 6) is -0.519. The number of carbonyl (C=O) groups is 3. The van der Waals surface area contributed by atoms with E-state index in [4.69, 9.17) is 4.74 Å². The molecule has 31 heavy (non-hydrogen) atoms. The molecule has 0 radical (unpaired) electrons. The van der Waals surface area contributed by atoms with Gasteiger partial charge in [0.1, 0.15) is 18.7 Å². The highest BCUT2D eigenvalue weighted by Crippen LogP contribution is 2.34. The summed E-state index contributed by atoms with van der Waals surface area (Å²) in [7, 11) is 0. The van der Waals surface area contributed by atoms with Crippen LogP contribution in [0.3, 0.4) is 0 Å². The molecule has 9 nitrogen and oxygen atoms in total. The zero-order valence-corrected chi connectivity index (χ0v) is 17.3. The van der Waals surface area contributed by atoms with Crippen molar-refractivity contribution in [1.29, 1.82) is 0 Å². The number of carbonyl (C=O) groups excluding carboxylic acids is 3. The van der Waals surface area contributed by atoms with Gasteiger partial charge in [0.25, 0.3) is 5.91 Å². The number of nitrogens with zero attached hydrogens (tertiary/aromatic N) is 1. The van der Waals surface area contributed by atoms with Crippen LogP contribution in [-0.4, -0.2) is 63.8 Å². The van der Waals surface area contributed by atoms with E-state index in [-0.39, 0.29) is 47.8 Å². The fraction of sp³-hybridized carbons (Fsp3) is 0.545. The van der Waals surface area contributed by atoms with E-state index in [2.05, 4.69) is 15.3 Å². The largest absolute Gasteiger partial charge is 0.367 e. The van der Waals surface area contributed by atoms with Gasteiger partial charge in [-0.25, -0.2) is 4.79 Å². The predicted molar refractivity (Wildman–Crippen MR) is 112 cm³/mol. The smallest absolute Gasteiger partial charge is 0.323 e. The average Bonchev–Trinajstić information content (AvgIpc) is 3.51. The number of hydrogen-bond donors (Lipinski definition) is 3. The van der Waals surface area contributed by atoms with Gasteiger partial charge in [-0.15, -0.1) is 0 Å². The van der Waals surface area contributed by atoms with Gasteiger partial charge >= 0.3 is 5.69 Å². The summed E-state index contributed by atoms with van der Waals surface area (Å²) in [6.45, 7) is 2.48. The quantitative estimate of drug-likeness (QED) is 0.672. The molecular weight excluding hydrogens is 400 g/mol. The van der Waals surface area contributed by atoms with Crippen LogP contribution in [0.15, 0.2) is 23.0 Å². The molecule has 3 heterocycles. The van der Waals surface area contributed by atoms with E-state index in [0.29, 0.717) is 23.1 Å². The maximum absolute atomic E-state index is 13.6. The first-order chi connectivity index (χ1) is 14.9. The summed E-state index contributed by atoms with van der Waals surface area (Å²) >= 11 is 0. The van der Waals surface area contributed by atoms with Crippen molar-refractivity contribution in [3.63, 3.8) is 0 Å². The van der Waals surface area contributed by atoms with Gasteiger partial charge in [0.15, 0.2) is 5.78 Å². The van der Waals surface area contributed by atoms with Gasteiger partial charge in [0.2, 0.25) is 5.91 Å². The van der Waals surface area contributed by atoms with E-state index >= 15 is 0 Å². The summed E-state index contributed by atoms with van der Waals surface area (Å²) < 4.78 is 5.62. The van der Waals surface area contributed by atoms with Crippen LogP contribution in [0.4, 0.5) is 0 Å². The maximum Gasteiger partial charge on any atom is 0.323 e. The lowest BCUT2D eigenvalue weighted by Crippen LogP contribution is -2.54. The lowest BCUT2D eigenvalue weighted by molar-refractivity contribution is -0.139. The first-order valence-electron chi connectivity index (χ1n) is 10.9. The summed E-state index contributed by atoms with van der Waals surface area (Å²) in [4.78, 5) is 57.5. The molecule has 3 fully saturated rings. The first kappa shape index (κ1) is 20.0. The number of benzene rings is 1. The Balaban J connectivity index is 1.40. The number of fused-ring (bicyclic) bond motifs is 2. The number of rotatable bonds is 4. The van der Waals surface area contributed by atoms with Gasteiger partial charge in [-0.05, 0) is 37.0 Å². The van der Waals surface area contributed by atoms with Gasteiger partial charge in [-0.3, -0.25) is 14.4 Å². The molecule has 1 aromatic heterocycles. The fourth-order valence-corrected chi connectivity index (χ4v) is 5.37. The van der Waals surface area contributed by atoms with E-state index in [9.17, 15) is 19.2 Å². The van der Waals surface area contributed by atoms with Gasteiger partial charge in [-0.2, -0.15) is 0 Å². The van der Waals surface area contributed by atoms with Crippen molar-refractivity contribution in [1.82, 2.24) is 20.2 Å². The third-order valence-corrected chi connectivity index (χ3v) is 6.93. The van der Waals surface area contributed by atoms with Crippen molar-refractivity contribution < 1.29 is 19.1 Å². The number of aromatic nitrogens is 2. The molecule has 5 rings (SSSR count). The van der Waals surface area contributed by atoms with Crippen molar-refractivity contribution in [2.75, 3.05) is 13.2 Å². The Morgan fingerprint density at radius 3 is 2.68 bits per heavy atom. The Labute approximate surface area is 178 Å².